The van der Waals surface area contributed by atoms with Crippen molar-refractivity contribution in [3.05, 3.63) is 15.0 Å². The topological polar surface area (TPSA) is 101 Å². The fourth-order valence-electron chi connectivity index (χ4n) is 2.67. The lowest BCUT2D eigenvalue weighted by Gasteiger charge is -2.34. The van der Waals surface area contributed by atoms with Gasteiger partial charge in [0, 0.05) is 0 Å². The summed E-state index contributed by atoms with van der Waals surface area (Å²) in [7, 11) is 0. The number of carbonyl (C=O) groups is 2. The molecule has 2 amide bonds. The molecule has 1 atom stereocenters. The minimum atomic E-state index is -0.949. The lowest BCUT2D eigenvalue weighted by molar-refractivity contribution is 0.0887. The zero-order valence-electron chi connectivity index (χ0n) is 10.0. The van der Waals surface area contributed by atoms with Crippen LogP contribution in [-0.4, -0.2) is 37.8 Å². The van der Waals surface area contributed by atoms with Crippen molar-refractivity contribution in [2.24, 2.45) is 11.7 Å². The van der Waals surface area contributed by atoms with Gasteiger partial charge in [-0.1, -0.05) is 0 Å². The van der Waals surface area contributed by atoms with Crippen LogP contribution in [0, 0.1) is 9.62 Å². The first-order valence-corrected chi connectivity index (χ1v) is 7.11. The molecule has 1 aromatic rings. The Morgan fingerprint density at radius 2 is 2.11 bits per heavy atom. The largest absolute Gasteiger partial charge is 0.465 e. The maximum atomic E-state index is 11.5. The zero-order chi connectivity index (χ0) is 13.7. The van der Waals surface area contributed by atoms with Crippen LogP contribution in [0.3, 0.4) is 0 Å². The second-order valence-corrected chi connectivity index (χ2v) is 6.00. The first kappa shape index (κ1) is 12.7. The van der Waals surface area contributed by atoms with Crippen molar-refractivity contribution >= 4 is 34.6 Å². The molecule has 3 rings (SSSR count). The van der Waals surface area contributed by atoms with Crippen molar-refractivity contribution in [1.29, 1.82) is 0 Å². The van der Waals surface area contributed by atoms with Crippen LogP contribution in [-0.2, 0) is 13.1 Å². The Balaban J connectivity index is 2.02. The molecular weight excluding hydrogens is 363 g/mol. The summed E-state index contributed by atoms with van der Waals surface area (Å²) in [4.78, 5) is 24.2. The lowest BCUT2D eigenvalue weighted by Crippen LogP contribution is -2.47. The third-order valence-corrected chi connectivity index (χ3v) is 4.51. The Morgan fingerprint density at radius 3 is 2.63 bits per heavy atom. The predicted octanol–water partition coefficient (Wildman–Crippen LogP) is 0.859. The van der Waals surface area contributed by atoms with Gasteiger partial charge in [0.2, 0.25) is 0 Å². The minimum Gasteiger partial charge on any atom is -0.465 e. The number of hydrogen-bond donors (Lipinski definition) is 2. The number of halogens is 1. The summed E-state index contributed by atoms with van der Waals surface area (Å²) < 4.78 is 2.28. The fraction of sp³-hybridized carbons (Fsp3) is 0.545. The van der Waals surface area contributed by atoms with Gasteiger partial charge < -0.3 is 10.8 Å². The van der Waals surface area contributed by atoms with Gasteiger partial charge in [0.05, 0.1) is 30.4 Å². The first-order chi connectivity index (χ1) is 8.99. The van der Waals surface area contributed by atoms with Crippen molar-refractivity contribution < 1.29 is 14.7 Å². The molecule has 2 aliphatic rings. The molecule has 1 aromatic heterocycles. The summed E-state index contributed by atoms with van der Waals surface area (Å²) in [6.07, 6.45) is 1.17. The Bertz CT molecular complexity index is 567. The number of carbonyl (C=O) groups excluding carboxylic acids is 1. The summed E-state index contributed by atoms with van der Waals surface area (Å²) in [5.74, 6) is -0.135. The Morgan fingerprint density at radius 1 is 1.42 bits per heavy atom. The molecule has 1 unspecified atom stereocenters. The molecule has 102 valence electrons. The van der Waals surface area contributed by atoms with Crippen LogP contribution in [0.1, 0.15) is 28.9 Å². The highest BCUT2D eigenvalue weighted by Crippen LogP contribution is 2.39. The molecular formula is C11H13IN4O3. The number of primary amides is 1. The zero-order valence-corrected chi connectivity index (χ0v) is 12.2. The van der Waals surface area contributed by atoms with Gasteiger partial charge in [0.25, 0.3) is 5.91 Å². The van der Waals surface area contributed by atoms with Gasteiger partial charge in [-0.05, 0) is 41.4 Å². The number of carboxylic acid groups (broad SMARTS) is 1. The molecule has 1 aliphatic heterocycles. The highest BCUT2D eigenvalue weighted by Gasteiger charge is 2.42. The number of amides is 2. The van der Waals surface area contributed by atoms with Gasteiger partial charge >= 0.3 is 6.09 Å². The van der Waals surface area contributed by atoms with Crippen LogP contribution >= 0.6 is 22.6 Å². The van der Waals surface area contributed by atoms with Gasteiger partial charge in [0.1, 0.15) is 3.70 Å². The predicted molar refractivity (Wildman–Crippen MR) is 73.5 cm³/mol. The van der Waals surface area contributed by atoms with E-state index in [0.717, 1.165) is 12.8 Å². The van der Waals surface area contributed by atoms with Gasteiger partial charge in [-0.15, -0.1) is 0 Å². The molecule has 2 heterocycles. The Labute approximate surface area is 122 Å². The van der Waals surface area contributed by atoms with Crippen molar-refractivity contribution in [2.75, 3.05) is 0 Å². The average Bonchev–Trinajstić information content (AvgIpc) is 3.09. The van der Waals surface area contributed by atoms with E-state index in [1.54, 1.807) is 4.68 Å². The molecule has 8 heteroatoms. The van der Waals surface area contributed by atoms with Crippen LogP contribution < -0.4 is 5.73 Å². The molecule has 7 nitrogen and oxygen atoms in total. The normalized spacial score (nSPS) is 22.2. The van der Waals surface area contributed by atoms with Crippen molar-refractivity contribution in [2.45, 2.75) is 32.0 Å². The third-order valence-electron chi connectivity index (χ3n) is 3.75. The van der Waals surface area contributed by atoms with E-state index in [1.165, 1.54) is 4.90 Å². The molecule has 0 saturated heterocycles. The van der Waals surface area contributed by atoms with Crippen LogP contribution in [0.4, 0.5) is 4.79 Å². The quantitative estimate of drug-likeness (QED) is 0.748. The Hall–Kier alpha value is -1.32. The maximum Gasteiger partial charge on any atom is 0.407 e. The van der Waals surface area contributed by atoms with Crippen molar-refractivity contribution in [3.8, 4) is 0 Å². The van der Waals surface area contributed by atoms with Crippen LogP contribution in [0.15, 0.2) is 0 Å². The van der Waals surface area contributed by atoms with E-state index in [-0.39, 0.29) is 12.6 Å². The van der Waals surface area contributed by atoms with E-state index in [2.05, 4.69) is 5.10 Å². The van der Waals surface area contributed by atoms with E-state index in [1.807, 2.05) is 22.6 Å². The monoisotopic (exact) mass is 376 g/mol. The number of nitrogens with zero attached hydrogens (tertiary/aromatic N) is 3. The molecule has 19 heavy (non-hydrogen) atoms. The van der Waals surface area contributed by atoms with Gasteiger partial charge in [-0.25, -0.2) is 4.79 Å². The van der Waals surface area contributed by atoms with E-state index in [9.17, 15) is 14.7 Å². The molecule has 0 bridgehead atoms. The smallest absolute Gasteiger partial charge is 0.407 e. The summed E-state index contributed by atoms with van der Waals surface area (Å²) in [5.41, 5.74) is 6.30. The molecule has 1 aliphatic carbocycles. The lowest BCUT2D eigenvalue weighted by atomic mass is 10.1. The highest BCUT2D eigenvalue weighted by atomic mass is 127. The molecule has 1 fully saturated rings. The standard InChI is InChI=1S/C11H13IN4O3/c12-9-8(10(13)17)7-3-15(11(18)19)6(5-1-2-5)4-16(7)14-9/h5-6H,1-4H2,(H2,13,17)(H,18,19). The minimum absolute atomic E-state index is 0.0403. The maximum absolute atomic E-state index is 11.5. The highest BCUT2D eigenvalue weighted by molar-refractivity contribution is 14.1. The number of rotatable bonds is 2. The molecule has 0 aromatic carbocycles. The van der Waals surface area contributed by atoms with Crippen LogP contribution in [0.25, 0.3) is 0 Å². The van der Waals surface area contributed by atoms with Gasteiger partial charge in [0.15, 0.2) is 0 Å². The summed E-state index contributed by atoms with van der Waals surface area (Å²) in [5, 5.41) is 13.6. The Kier molecular flexibility index (Phi) is 2.91. The first-order valence-electron chi connectivity index (χ1n) is 6.03. The number of nitrogens with two attached hydrogens (primary N) is 1. The van der Waals surface area contributed by atoms with Crippen molar-refractivity contribution in [1.82, 2.24) is 14.7 Å². The summed E-state index contributed by atoms with van der Waals surface area (Å²) >= 11 is 1.96. The van der Waals surface area contributed by atoms with Gasteiger partial charge in [-0.3, -0.25) is 14.4 Å². The molecule has 3 N–H and O–H groups in total. The van der Waals surface area contributed by atoms with E-state index >= 15 is 0 Å². The molecule has 0 radical (unpaired) electrons. The summed E-state index contributed by atoms with van der Waals surface area (Å²) in [6, 6.07) is -0.0403. The summed E-state index contributed by atoms with van der Waals surface area (Å²) in [6.45, 7) is 0.695. The van der Waals surface area contributed by atoms with Crippen LogP contribution in [0.5, 0.6) is 0 Å². The number of fused-ring (bicyclic) bond motifs is 1. The second-order valence-electron chi connectivity index (χ2n) is 4.97. The van der Waals surface area contributed by atoms with E-state index in [4.69, 9.17) is 5.73 Å². The van der Waals surface area contributed by atoms with Gasteiger partial charge in [-0.2, -0.15) is 5.10 Å². The van der Waals surface area contributed by atoms with Crippen LogP contribution in [0.2, 0.25) is 0 Å². The van der Waals surface area contributed by atoms with E-state index in [0.29, 0.717) is 27.4 Å². The average molecular weight is 376 g/mol. The SMILES string of the molecule is NC(=O)c1c(I)nn2c1CN(C(=O)O)C(C1CC1)C2. The van der Waals surface area contributed by atoms with Crippen molar-refractivity contribution in [3.63, 3.8) is 0 Å². The third kappa shape index (κ3) is 2.07. The number of aromatic nitrogens is 2. The fourth-order valence-corrected chi connectivity index (χ4v) is 3.51. The second kappa shape index (κ2) is 4.36. The number of hydrogen-bond acceptors (Lipinski definition) is 3. The van der Waals surface area contributed by atoms with E-state index < -0.39 is 12.0 Å². The molecule has 0 spiro atoms. The molecule has 1 saturated carbocycles.